The van der Waals surface area contributed by atoms with Gasteiger partial charge in [0, 0.05) is 11.5 Å². The summed E-state index contributed by atoms with van der Waals surface area (Å²) in [5.41, 5.74) is 0.130. The van der Waals surface area contributed by atoms with Crippen LogP contribution in [0.4, 0.5) is 5.69 Å². The van der Waals surface area contributed by atoms with Crippen LogP contribution in [0.2, 0.25) is 0 Å². The first-order valence-corrected chi connectivity index (χ1v) is 5.34. The molecule has 1 aromatic heterocycles. The number of hydrogen-bond acceptors (Lipinski definition) is 5. The van der Waals surface area contributed by atoms with E-state index in [-0.39, 0.29) is 23.5 Å². The van der Waals surface area contributed by atoms with Crippen molar-refractivity contribution in [1.29, 1.82) is 0 Å². The molecule has 1 aromatic carbocycles. The smallest absolute Gasteiger partial charge is 0.356 e. The summed E-state index contributed by atoms with van der Waals surface area (Å²) in [7, 11) is 0. The van der Waals surface area contributed by atoms with E-state index in [1.807, 2.05) is 0 Å². The van der Waals surface area contributed by atoms with Crippen LogP contribution in [0.1, 0.15) is 17.4 Å². The number of aromatic nitrogens is 1. The Balaban J connectivity index is 2.58. The van der Waals surface area contributed by atoms with Crippen LogP contribution >= 0.6 is 0 Å². The topological polar surface area (TPSA) is 82.3 Å². The molecule has 0 saturated carbocycles. The van der Waals surface area contributed by atoms with Crippen LogP contribution in [0.3, 0.4) is 0 Å². The standard InChI is InChI=1S/C12H10N2O4/c1-2-18-12(15)9-7-6-8-4-3-5-10(14(16)17)11(8)13-9/h3-7H,2H2,1H3. The molecule has 0 aliphatic carbocycles. The SMILES string of the molecule is CCOC(=O)c1ccc2cccc([N+](=O)[O-])c2n1. The number of benzene rings is 1. The van der Waals surface area contributed by atoms with Gasteiger partial charge in [0.05, 0.1) is 11.5 Å². The first-order valence-electron chi connectivity index (χ1n) is 5.34. The number of ether oxygens (including phenoxy) is 1. The molecule has 0 unspecified atom stereocenters. The van der Waals surface area contributed by atoms with E-state index >= 15 is 0 Å². The van der Waals surface area contributed by atoms with Crippen molar-refractivity contribution in [3.05, 3.63) is 46.1 Å². The van der Waals surface area contributed by atoms with E-state index in [4.69, 9.17) is 4.74 Å². The third kappa shape index (κ3) is 2.13. The van der Waals surface area contributed by atoms with Gasteiger partial charge in [-0.25, -0.2) is 9.78 Å². The summed E-state index contributed by atoms with van der Waals surface area (Å²) in [5, 5.41) is 11.5. The van der Waals surface area contributed by atoms with Crippen molar-refractivity contribution in [2.24, 2.45) is 0 Å². The molecule has 2 aromatic rings. The second-order valence-corrected chi connectivity index (χ2v) is 3.52. The van der Waals surface area contributed by atoms with Gasteiger partial charge in [-0.05, 0) is 13.0 Å². The van der Waals surface area contributed by atoms with Crippen LogP contribution in [0.5, 0.6) is 0 Å². The summed E-state index contributed by atoms with van der Waals surface area (Å²) in [6.07, 6.45) is 0. The minimum atomic E-state index is -0.586. The number of hydrogen-bond donors (Lipinski definition) is 0. The summed E-state index contributed by atoms with van der Waals surface area (Å²) in [4.78, 5) is 25.9. The fourth-order valence-corrected chi connectivity index (χ4v) is 1.60. The molecule has 0 atom stereocenters. The minimum absolute atomic E-state index is 0.0682. The molecule has 0 aliphatic rings. The molecule has 92 valence electrons. The quantitative estimate of drug-likeness (QED) is 0.471. The summed E-state index contributed by atoms with van der Waals surface area (Å²) in [6, 6.07) is 7.73. The predicted octanol–water partition coefficient (Wildman–Crippen LogP) is 2.32. The molecule has 0 bridgehead atoms. The van der Waals surface area contributed by atoms with Crippen LogP contribution in [-0.4, -0.2) is 22.5 Å². The average molecular weight is 246 g/mol. The van der Waals surface area contributed by atoms with Gasteiger partial charge in [-0.1, -0.05) is 18.2 Å². The molecule has 0 N–H and O–H groups in total. The van der Waals surface area contributed by atoms with Crippen LogP contribution in [0.15, 0.2) is 30.3 Å². The van der Waals surface area contributed by atoms with Gasteiger partial charge >= 0.3 is 5.97 Å². The summed E-state index contributed by atoms with van der Waals surface area (Å²) >= 11 is 0. The number of carbonyl (C=O) groups is 1. The summed E-state index contributed by atoms with van der Waals surface area (Å²) in [6.45, 7) is 1.91. The van der Waals surface area contributed by atoms with E-state index in [2.05, 4.69) is 4.98 Å². The molecule has 6 nitrogen and oxygen atoms in total. The first kappa shape index (κ1) is 12.0. The maximum Gasteiger partial charge on any atom is 0.356 e. The maximum atomic E-state index is 11.5. The number of rotatable bonds is 3. The molecule has 0 radical (unpaired) electrons. The van der Waals surface area contributed by atoms with Crippen LogP contribution < -0.4 is 0 Å². The minimum Gasteiger partial charge on any atom is -0.461 e. The molecule has 18 heavy (non-hydrogen) atoms. The van der Waals surface area contributed by atoms with Crippen LogP contribution in [-0.2, 0) is 4.74 Å². The van der Waals surface area contributed by atoms with Crippen molar-refractivity contribution in [2.45, 2.75) is 6.92 Å². The number of nitro groups is 1. The lowest BCUT2D eigenvalue weighted by Crippen LogP contribution is -2.07. The highest BCUT2D eigenvalue weighted by atomic mass is 16.6. The van der Waals surface area contributed by atoms with E-state index in [0.29, 0.717) is 5.39 Å². The Hall–Kier alpha value is -2.50. The second-order valence-electron chi connectivity index (χ2n) is 3.52. The molecule has 6 heteroatoms. The number of esters is 1. The van der Waals surface area contributed by atoms with Crippen molar-refractivity contribution in [3.63, 3.8) is 0 Å². The Morgan fingerprint density at radius 1 is 1.39 bits per heavy atom. The van der Waals surface area contributed by atoms with Crippen molar-refractivity contribution < 1.29 is 14.5 Å². The fraction of sp³-hybridized carbons (Fsp3) is 0.167. The average Bonchev–Trinajstić information content (AvgIpc) is 2.37. The lowest BCUT2D eigenvalue weighted by atomic mass is 10.2. The first-order chi connectivity index (χ1) is 8.63. The molecule has 0 saturated heterocycles. The number of non-ortho nitro benzene ring substituents is 1. The molecule has 0 aliphatic heterocycles. The van der Waals surface area contributed by atoms with E-state index in [0.717, 1.165) is 0 Å². The number of nitrogens with zero attached hydrogens (tertiary/aromatic N) is 2. The fourth-order valence-electron chi connectivity index (χ4n) is 1.60. The van der Waals surface area contributed by atoms with Gasteiger partial charge < -0.3 is 4.74 Å². The molecular weight excluding hydrogens is 236 g/mol. The van der Waals surface area contributed by atoms with Gasteiger partial charge in [0.2, 0.25) is 0 Å². The van der Waals surface area contributed by atoms with Crippen molar-refractivity contribution in [2.75, 3.05) is 6.61 Å². The Morgan fingerprint density at radius 2 is 2.17 bits per heavy atom. The zero-order valence-corrected chi connectivity index (χ0v) is 9.62. The number of nitro benzene ring substituents is 1. The molecular formula is C12H10N2O4. The van der Waals surface area contributed by atoms with Gasteiger partial charge in [0.25, 0.3) is 5.69 Å². The van der Waals surface area contributed by atoms with Crippen molar-refractivity contribution >= 4 is 22.6 Å². The summed E-state index contributed by atoms with van der Waals surface area (Å²) in [5.74, 6) is -0.586. The highest BCUT2D eigenvalue weighted by molar-refractivity contribution is 5.93. The molecule has 1 heterocycles. The van der Waals surface area contributed by atoms with Crippen LogP contribution in [0.25, 0.3) is 10.9 Å². The third-order valence-corrected chi connectivity index (χ3v) is 2.38. The second kappa shape index (κ2) is 4.79. The van der Waals surface area contributed by atoms with Crippen LogP contribution in [0, 0.1) is 10.1 Å². The molecule has 2 rings (SSSR count). The monoisotopic (exact) mass is 246 g/mol. The predicted molar refractivity (Wildman–Crippen MR) is 64.4 cm³/mol. The Labute approximate surface area is 102 Å². The highest BCUT2D eigenvalue weighted by Gasteiger charge is 2.15. The van der Waals surface area contributed by atoms with Crippen molar-refractivity contribution in [1.82, 2.24) is 4.98 Å². The van der Waals surface area contributed by atoms with E-state index in [1.54, 1.807) is 25.1 Å². The lowest BCUT2D eigenvalue weighted by Gasteiger charge is -2.03. The van der Waals surface area contributed by atoms with Gasteiger partial charge in [-0.2, -0.15) is 0 Å². The van der Waals surface area contributed by atoms with Gasteiger partial charge in [0.1, 0.15) is 11.2 Å². The zero-order chi connectivity index (χ0) is 13.1. The van der Waals surface area contributed by atoms with Gasteiger partial charge in [0.15, 0.2) is 0 Å². The zero-order valence-electron chi connectivity index (χ0n) is 9.62. The lowest BCUT2D eigenvalue weighted by molar-refractivity contribution is -0.383. The normalized spacial score (nSPS) is 10.3. The van der Waals surface area contributed by atoms with Gasteiger partial charge in [-0.3, -0.25) is 10.1 Å². The maximum absolute atomic E-state index is 11.5. The largest absolute Gasteiger partial charge is 0.461 e. The summed E-state index contributed by atoms with van der Waals surface area (Å²) < 4.78 is 4.81. The Kier molecular flexibility index (Phi) is 3.18. The molecule has 0 amide bonds. The van der Waals surface area contributed by atoms with Gasteiger partial charge in [-0.15, -0.1) is 0 Å². The van der Waals surface area contributed by atoms with Crippen molar-refractivity contribution in [3.8, 4) is 0 Å². The van der Waals surface area contributed by atoms with E-state index in [9.17, 15) is 14.9 Å². The molecule has 0 fully saturated rings. The number of pyridine rings is 1. The highest BCUT2D eigenvalue weighted by Crippen LogP contribution is 2.23. The number of carbonyl (C=O) groups excluding carboxylic acids is 1. The Morgan fingerprint density at radius 3 is 2.83 bits per heavy atom. The Bertz CT molecular complexity index is 625. The third-order valence-electron chi connectivity index (χ3n) is 2.38. The number of para-hydroxylation sites is 1. The van der Waals surface area contributed by atoms with E-state index in [1.165, 1.54) is 12.1 Å². The number of fused-ring (bicyclic) bond motifs is 1. The molecule has 0 spiro atoms. The van der Waals surface area contributed by atoms with E-state index < -0.39 is 10.9 Å².